The highest BCUT2D eigenvalue weighted by molar-refractivity contribution is 9.10. The molecule has 0 aliphatic carbocycles. The van der Waals surface area contributed by atoms with Gasteiger partial charge in [0.1, 0.15) is 18.1 Å². The Balaban J connectivity index is 1.80. The molecule has 4 rings (SSSR count). The van der Waals surface area contributed by atoms with Gasteiger partial charge < -0.3 is 19.9 Å². The Morgan fingerprint density at radius 3 is 2.74 bits per heavy atom. The minimum atomic E-state index is -1.38. The highest BCUT2D eigenvalue weighted by atomic mass is 79.9. The number of carboxylic acids is 1. The molecule has 2 aromatic rings. The van der Waals surface area contributed by atoms with Crippen molar-refractivity contribution < 1.29 is 24.4 Å². The summed E-state index contributed by atoms with van der Waals surface area (Å²) >= 11 is 3.49. The minimum Gasteiger partial charge on any atom is -0.543 e. The molecule has 3 heterocycles. The number of aliphatic carboxylic acids is 1. The molecule has 0 radical (unpaired) electrons. The maximum Gasteiger partial charge on any atom is 0.248 e. The van der Waals surface area contributed by atoms with E-state index in [2.05, 4.69) is 15.9 Å². The average Bonchev–Trinajstić information content (AvgIpc) is 3.15. The highest BCUT2D eigenvalue weighted by Crippen LogP contribution is 2.47. The SMILES string of the molecule is C[C@@H](O)[C@H]1C(=O)N2C(C(=O)[O-])=C(c3cc(Br)cc(-n4cc[n+](C)c4)c3)C[C@H]12. The number of amides is 1. The van der Waals surface area contributed by atoms with Crippen molar-refractivity contribution in [3.8, 4) is 5.69 Å². The van der Waals surface area contributed by atoms with E-state index in [1.165, 1.54) is 4.90 Å². The maximum atomic E-state index is 12.4. The fourth-order valence-corrected chi connectivity index (χ4v) is 4.50. The number of carbonyl (C=O) groups excluding carboxylic acids is 2. The average molecular weight is 432 g/mol. The number of aryl methyl sites for hydroxylation is 1. The largest absolute Gasteiger partial charge is 0.543 e. The predicted octanol–water partition coefficient (Wildman–Crippen LogP) is 0.137. The summed E-state index contributed by atoms with van der Waals surface area (Å²) in [4.78, 5) is 25.4. The number of hydrogen-bond donors (Lipinski definition) is 1. The molecular weight excluding hydrogens is 414 g/mol. The third-order valence-corrected chi connectivity index (χ3v) is 5.68. The fourth-order valence-electron chi connectivity index (χ4n) is 4.02. The van der Waals surface area contributed by atoms with Gasteiger partial charge in [-0.05, 0) is 42.7 Å². The first-order valence-electron chi connectivity index (χ1n) is 8.58. The first-order valence-corrected chi connectivity index (χ1v) is 9.37. The second-order valence-electron chi connectivity index (χ2n) is 7.05. The number of rotatable bonds is 4. The quantitative estimate of drug-likeness (QED) is 0.550. The molecule has 0 unspecified atom stereocenters. The number of fused-ring (bicyclic) bond motifs is 1. The molecule has 1 aromatic carbocycles. The van der Waals surface area contributed by atoms with Crippen LogP contribution in [0, 0.1) is 5.92 Å². The second kappa shape index (κ2) is 6.31. The molecule has 2 aliphatic heterocycles. The number of aromatic nitrogens is 2. The van der Waals surface area contributed by atoms with Crippen molar-refractivity contribution in [2.45, 2.75) is 25.5 Å². The van der Waals surface area contributed by atoms with Crippen LogP contribution in [-0.4, -0.2) is 38.6 Å². The van der Waals surface area contributed by atoms with Crippen LogP contribution in [0.1, 0.15) is 18.9 Å². The van der Waals surface area contributed by atoms with Crippen molar-refractivity contribution in [3.63, 3.8) is 0 Å². The smallest absolute Gasteiger partial charge is 0.248 e. The van der Waals surface area contributed by atoms with Crippen LogP contribution >= 0.6 is 15.9 Å². The van der Waals surface area contributed by atoms with E-state index in [4.69, 9.17) is 0 Å². The molecular formula is C19H18BrN3O4. The molecule has 2 aliphatic rings. The Hall–Kier alpha value is -2.45. The van der Waals surface area contributed by atoms with Gasteiger partial charge in [-0.15, -0.1) is 0 Å². The molecule has 1 fully saturated rings. The number of hydrogen-bond acceptors (Lipinski definition) is 4. The lowest BCUT2D eigenvalue weighted by atomic mass is 9.82. The van der Waals surface area contributed by atoms with E-state index in [9.17, 15) is 19.8 Å². The minimum absolute atomic E-state index is 0.0935. The van der Waals surface area contributed by atoms with Crippen molar-refractivity contribution in [2.24, 2.45) is 13.0 Å². The Bertz CT molecular complexity index is 995. The number of aliphatic hydroxyl groups excluding tert-OH is 1. The van der Waals surface area contributed by atoms with E-state index < -0.39 is 18.0 Å². The Morgan fingerprint density at radius 2 is 2.15 bits per heavy atom. The summed E-state index contributed by atoms with van der Waals surface area (Å²) in [6.45, 7) is 1.56. The molecule has 3 atom stereocenters. The van der Waals surface area contributed by atoms with Gasteiger partial charge in [0.15, 0.2) is 0 Å². The third kappa shape index (κ3) is 2.80. The van der Waals surface area contributed by atoms with Crippen LogP contribution in [0.2, 0.25) is 0 Å². The molecule has 27 heavy (non-hydrogen) atoms. The Morgan fingerprint density at radius 1 is 1.41 bits per heavy atom. The molecule has 0 spiro atoms. The molecule has 140 valence electrons. The van der Waals surface area contributed by atoms with E-state index in [-0.39, 0.29) is 17.6 Å². The summed E-state index contributed by atoms with van der Waals surface area (Å²) in [7, 11) is 1.91. The number of nitrogens with zero attached hydrogens (tertiary/aromatic N) is 3. The van der Waals surface area contributed by atoms with Crippen molar-refractivity contribution >= 4 is 33.4 Å². The third-order valence-electron chi connectivity index (χ3n) is 5.22. The zero-order valence-corrected chi connectivity index (χ0v) is 16.4. The van der Waals surface area contributed by atoms with E-state index >= 15 is 0 Å². The lowest BCUT2D eigenvalue weighted by molar-refractivity contribution is -0.670. The van der Waals surface area contributed by atoms with Gasteiger partial charge in [-0.2, -0.15) is 0 Å². The Kier molecular flexibility index (Phi) is 4.20. The van der Waals surface area contributed by atoms with Gasteiger partial charge in [0.25, 0.3) is 0 Å². The van der Waals surface area contributed by atoms with Gasteiger partial charge in [-0.3, -0.25) is 4.79 Å². The van der Waals surface area contributed by atoms with Crippen LogP contribution in [0.4, 0.5) is 0 Å². The number of aliphatic hydroxyl groups is 1. The lowest BCUT2D eigenvalue weighted by Crippen LogP contribution is -2.62. The zero-order valence-electron chi connectivity index (χ0n) is 14.8. The van der Waals surface area contributed by atoms with E-state index in [0.717, 1.165) is 10.2 Å². The van der Waals surface area contributed by atoms with Crippen molar-refractivity contribution in [2.75, 3.05) is 0 Å². The van der Waals surface area contributed by atoms with Crippen LogP contribution < -0.4 is 9.67 Å². The van der Waals surface area contributed by atoms with Gasteiger partial charge in [0.05, 0.1) is 36.8 Å². The summed E-state index contributed by atoms with van der Waals surface area (Å²) in [6.07, 6.45) is 5.25. The number of β-lactam (4-membered cyclic amide) rings is 1. The van der Waals surface area contributed by atoms with Gasteiger partial charge >= 0.3 is 0 Å². The molecule has 1 saturated heterocycles. The molecule has 0 bridgehead atoms. The van der Waals surface area contributed by atoms with Crippen LogP contribution in [0.5, 0.6) is 0 Å². The number of carbonyl (C=O) groups is 2. The highest BCUT2D eigenvalue weighted by Gasteiger charge is 2.55. The normalized spacial score (nSPS) is 22.7. The van der Waals surface area contributed by atoms with Crippen LogP contribution in [0.15, 0.2) is 47.1 Å². The zero-order chi connectivity index (χ0) is 19.5. The van der Waals surface area contributed by atoms with Crippen LogP contribution in [0.3, 0.4) is 0 Å². The van der Waals surface area contributed by atoms with Crippen molar-refractivity contribution in [3.05, 3.63) is 52.7 Å². The summed E-state index contributed by atoms with van der Waals surface area (Å²) in [5.74, 6) is -2.32. The molecule has 1 N–H and O–H groups in total. The summed E-state index contributed by atoms with van der Waals surface area (Å²) < 4.78 is 4.62. The van der Waals surface area contributed by atoms with Gasteiger partial charge in [0, 0.05) is 4.47 Å². The Labute approximate surface area is 164 Å². The van der Waals surface area contributed by atoms with Crippen molar-refractivity contribution in [1.29, 1.82) is 0 Å². The first kappa shape index (κ1) is 17.9. The predicted molar refractivity (Wildman–Crippen MR) is 97.0 cm³/mol. The lowest BCUT2D eigenvalue weighted by Gasteiger charge is -2.45. The summed E-state index contributed by atoms with van der Waals surface area (Å²) in [5, 5.41) is 21.7. The molecule has 8 heteroatoms. The molecule has 1 amide bonds. The monoisotopic (exact) mass is 431 g/mol. The van der Waals surface area contributed by atoms with Crippen LogP contribution in [-0.2, 0) is 16.6 Å². The first-order chi connectivity index (χ1) is 12.8. The topological polar surface area (TPSA) is 89.5 Å². The number of halogens is 1. The van der Waals surface area contributed by atoms with E-state index in [1.807, 2.05) is 53.1 Å². The fraction of sp³-hybridized carbons (Fsp3) is 0.316. The molecule has 1 aromatic heterocycles. The molecule has 0 saturated carbocycles. The summed E-state index contributed by atoms with van der Waals surface area (Å²) in [5.41, 5.74) is 2.03. The number of benzene rings is 1. The van der Waals surface area contributed by atoms with Gasteiger partial charge in [-0.25, -0.2) is 9.13 Å². The molecule has 7 nitrogen and oxygen atoms in total. The second-order valence-corrected chi connectivity index (χ2v) is 7.96. The van der Waals surface area contributed by atoms with Crippen LogP contribution in [0.25, 0.3) is 11.3 Å². The van der Waals surface area contributed by atoms with E-state index in [0.29, 0.717) is 17.6 Å². The van der Waals surface area contributed by atoms with Gasteiger partial charge in [0.2, 0.25) is 12.2 Å². The standard InChI is InChI=1S/C19H18BrN3O4/c1-10(24)16-15-8-14(17(19(26)27)23(15)18(16)25)11-5-12(20)7-13(6-11)22-4-3-21(2)9-22/h3-7,9-10,15-16,24H,8H2,1-2H3/t10-,15-,16-/m1/s1. The number of imidazole rings is 1. The summed E-state index contributed by atoms with van der Waals surface area (Å²) in [6, 6.07) is 5.30. The number of carboxylic acid groups (broad SMARTS) is 1. The van der Waals surface area contributed by atoms with E-state index in [1.54, 1.807) is 6.92 Å². The maximum absolute atomic E-state index is 12.4. The van der Waals surface area contributed by atoms with Gasteiger partial charge in [-0.1, -0.05) is 15.9 Å². The van der Waals surface area contributed by atoms with Crippen molar-refractivity contribution in [1.82, 2.24) is 9.47 Å².